The molecule has 29 heavy (non-hydrogen) atoms. The summed E-state index contributed by atoms with van der Waals surface area (Å²) in [6.07, 6.45) is 2.76. The number of hydrogen-bond donors (Lipinski definition) is 2. The number of amides is 1. The van der Waals surface area contributed by atoms with Crippen molar-refractivity contribution >= 4 is 29.6 Å². The number of halogens is 1. The van der Waals surface area contributed by atoms with Gasteiger partial charge in [-0.25, -0.2) is 4.52 Å². The van der Waals surface area contributed by atoms with Gasteiger partial charge in [-0.15, -0.1) is 12.4 Å². The van der Waals surface area contributed by atoms with Crippen molar-refractivity contribution in [2.24, 2.45) is 0 Å². The number of rotatable bonds is 2. The highest BCUT2D eigenvalue weighted by Crippen LogP contribution is 2.31. The van der Waals surface area contributed by atoms with Crippen LogP contribution in [-0.2, 0) is 6.42 Å². The number of H-pyrrole nitrogens is 1. The zero-order valence-corrected chi connectivity index (χ0v) is 17.1. The van der Waals surface area contributed by atoms with Crippen LogP contribution in [0.2, 0.25) is 0 Å². The lowest BCUT2D eigenvalue weighted by atomic mass is 9.94. The number of benzene rings is 1. The number of anilines is 1. The van der Waals surface area contributed by atoms with E-state index in [2.05, 4.69) is 21.5 Å². The number of piperidine rings is 1. The summed E-state index contributed by atoms with van der Waals surface area (Å²) in [5, 5.41) is 8.01. The quantitative estimate of drug-likeness (QED) is 0.676. The van der Waals surface area contributed by atoms with Crippen molar-refractivity contribution in [3.05, 3.63) is 63.2 Å². The second-order valence-electron chi connectivity index (χ2n) is 7.64. The molecule has 0 spiro atoms. The molecule has 3 aromatic rings. The fourth-order valence-corrected chi connectivity index (χ4v) is 4.53. The Morgan fingerprint density at radius 1 is 1.21 bits per heavy atom. The lowest BCUT2D eigenvalue weighted by Gasteiger charge is -2.23. The van der Waals surface area contributed by atoms with Gasteiger partial charge in [0.1, 0.15) is 11.2 Å². The predicted molar refractivity (Wildman–Crippen MR) is 114 cm³/mol. The summed E-state index contributed by atoms with van der Waals surface area (Å²) in [4.78, 5) is 30.5. The summed E-state index contributed by atoms with van der Waals surface area (Å²) in [6.45, 7) is 4.34. The van der Waals surface area contributed by atoms with Crippen LogP contribution in [-0.4, -0.2) is 40.1 Å². The Kier molecular flexibility index (Phi) is 5.19. The molecular weight excluding hydrogens is 390 g/mol. The van der Waals surface area contributed by atoms with Crippen molar-refractivity contribution in [2.75, 3.05) is 24.5 Å². The van der Waals surface area contributed by atoms with E-state index in [0.29, 0.717) is 23.4 Å². The maximum Gasteiger partial charge on any atom is 0.263 e. The van der Waals surface area contributed by atoms with Crippen molar-refractivity contribution in [2.45, 2.75) is 32.1 Å². The van der Waals surface area contributed by atoms with Gasteiger partial charge in [0.2, 0.25) is 0 Å². The highest BCUT2D eigenvalue weighted by molar-refractivity contribution is 6.11. The molecule has 7 nitrogen and oxygen atoms in total. The van der Waals surface area contributed by atoms with Crippen molar-refractivity contribution in [1.82, 2.24) is 19.9 Å². The van der Waals surface area contributed by atoms with E-state index in [1.54, 1.807) is 15.5 Å². The number of aromatic amines is 1. The van der Waals surface area contributed by atoms with E-state index in [1.807, 2.05) is 25.1 Å². The van der Waals surface area contributed by atoms with E-state index in [-0.39, 0.29) is 29.8 Å². The first-order valence-corrected chi connectivity index (χ1v) is 9.86. The molecule has 2 aliphatic rings. The summed E-state index contributed by atoms with van der Waals surface area (Å²) < 4.78 is 1.78. The highest BCUT2D eigenvalue weighted by Gasteiger charge is 2.30. The number of fused-ring (bicyclic) bond motifs is 2. The minimum Gasteiger partial charge on any atom is -0.317 e. The van der Waals surface area contributed by atoms with Crippen molar-refractivity contribution in [3.63, 3.8) is 0 Å². The lowest BCUT2D eigenvalue weighted by Crippen LogP contribution is -2.30. The van der Waals surface area contributed by atoms with Crippen molar-refractivity contribution in [3.8, 4) is 0 Å². The van der Waals surface area contributed by atoms with E-state index in [9.17, 15) is 9.59 Å². The van der Waals surface area contributed by atoms with Crippen LogP contribution in [0, 0.1) is 6.92 Å². The Balaban J connectivity index is 0.00000205. The van der Waals surface area contributed by atoms with Crippen LogP contribution < -0.4 is 15.8 Å². The standard InChI is InChI=1S/C21H23N5O2.ClH/c1-13-19(21(28)25-11-8-14-4-2-3-5-16(14)25)20-23-18(27)12-17(26(20)24-13)15-6-9-22-10-7-15;/h2-5,12,15,22H,6-11H2,1H3,(H,23,27);1H. The van der Waals surface area contributed by atoms with Gasteiger partial charge < -0.3 is 15.2 Å². The zero-order chi connectivity index (χ0) is 19.3. The molecule has 1 fully saturated rings. The van der Waals surface area contributed by atoms with Crippen molar-refractivity contribution in [1.29, 1.82) is 0 Å². The minimum atomic E-state index is -0.184. The summed E-state index contributed by atoms with van der Waals surface area (Å²) in [5.74, 6) is 0.163. The van der Waals surface area contributed by atoms with Crippen LogP contribution in [0.4, 0.5) is 5.69 Å². The average Bonchev–Trinajstić information content (AvgIpc) is 3.28. The molecule has 152 valence electrons. The van der Waals surface area contributed by atoms with Gasteiger partial charge in [-0.1, -0.05) is 18.2 Å². The van der Waals surface area contributed by atoms with Gasteiger partial charge in [-0.05, 0) is 50.9 Å². The topological polar surface area (TPSA) is 82.5 Å². The molecular formula is C21H24ClN5O2. The van der Waals surface area contributed by atoms with Gasteiger partial charge in [0.25, 0.3) is 11.5 Å². The molecule has 1 saturated heterocycles. The molecule has 5 rings (SSSR count). The molecule has 0 saturated carbocycles. The molecule has 4 heterocycles. The maximum absolute atomic E-state index is 13.4. The zero-order valence-electron chi connectivity index (χ0n) is 16.3. The van der Waals surface area contributed by atoms with Gasteiger partial charge in [0.15, 0.2) is 0 Å². The third-order valence-electron chi connectivity index (χ3n) is 5.93. The third-order valence-corrected chi connectivity index (χ3v) is 5.93. The summed E-state index contributed by atoms with van der Waals surface area (Å²) in [5.41, 5.74) is 4.47. The number of carbonyl (C=O) groups is 1. The molecule has 2 aliphatic heterocycles. The first kappa shape index (κ1) is 19.7. The number of nitrogens with zero attached hydrogens (tertiary/aromatic N) is 3. The van der Waals surface area contributed by atoms with E-state index < -0.39 is 0 Å². The number of carbonyl (C=O) groups excluding carboxylic acids is 1. The van der Waals surface area contributed by atoms with Crippen molar-refractivity contribution < 1.29 is 4.79 Å². The monoisotopic (exact) mass is 413 g/mol. The fourth-order valence-electron chi connectivity index (χ4n) is 4.53. The highest BCUT2D eigenvalue weighted by atomic mass is 35.5. The number of aryl methyl sites for hydroxylation is 1. The molecule has 2 aromatic heterocycles. The lowest BCUT2D eigenvalue weighted by molar-refractivity contribution is 0.0990. The second kappa shape index (κ2) is 7.65. The first-order chi connectivity index (χ1) is 13.6. The summed E-state index contributed by atoms with van der Waals surface area (Å²) in [6, 6.07) is 9.61. The average molecular weight is 414 g/mol. The molecule has 0 unspecified atom stereocenters. The Morgan fingerprint density at radius 3 is 2.76 bits per heavy atom. The van der Waals surface area contributed by atoms with E-state index in [4.69, 9.17) is 0 Å². The number of nitrogens with one attached hydrogen (secondary N) is 2. The van der Waals surface area contributed by atoms with E-state index in [1.165, 1.54) is 5.56 Å². The van der Waals surface area contributed by atoms with Crippen LogP contribution in [0.25, 0.3) is 5.65 Å². The van der Waals surface area contributed by atoms with Crippen LogP contribution >= 0.6 is 12.4 Å². The minimum absolute atomic E-state index is 0. The Hall–Kier alpha value is -2.64. The molecule has 8 heteroatoms. The van der Waals surface area contributed by atoms with Crippen LogP contribution in [0.3, 0.4) is 0 Å². The van der Waals surface area contributed by atoms with Crippen LogP contribution in [0.5, 0.6) is 0 Å². The molecule has 0 bridgehead atoms. The number of aromatic nitrogens is 3. The van der Waals surface area contributed by atoms with Crippen LogP contribution in [0.15, 0.2) is 35.1 Å². The Labute approximate surface area is 174 Å². The number of para-hydroxylation sites is 1. The molecule has 0 aliphatic carbocycles. The number of hydrogen-bond acceptors (Lipinski definition) is 4. The molecule has 1 amide bonds. The molecule has 0 atom stereocenters. The Morgan fingerprint density at radius 2 is 1.97 bits per heavy atom. The molecule has 1 aromatic carbocycles. The Bertz CT molecular complexity index is 1130. The molecule has 2 N–H and O–H groups in total. The van der Waals surface area contributed by atoms with Gasteiger partial charge >= 0.3 is 0 Å². The van der Waals surface area contributed by atoms with Gasteiger partial charge in [0, 0.05) is 24.2 Å². The fraction of sp³-hybridized carbons (Fsp3) is 0.381. The van der Waals surface area contributed by atoms with Gasteiger partial charge in [-0.3, -0.25) is 9.59 Å². The van der Waals surface area contributed by atoms with E-state index >= 15 is 0 Å². The van der Waals surface area contributed by atoms with Crippen LogP contribution in [0.1, 0.15) is 46.1 Å². The molecule has 0 radical (unpaired) electrons. The van der Waals surface area contributed by atoms with E-state index in [0.717, 1.165) is 43.7 Å². The second-order valence-corrected chi connectivity index (χ2v) is 7.64. The van der Waals surface area contributed by atoms with Gasteiger partial charge in [-0.2, -0.15) is 5.10 Å². The SMILES string of the molecule is Cc1nn2c(C3CCNCC3)cc(=O)[nH]c2c1C(=O)N1CCc2ccccc21.Cl. The predicted octanol–water partition coefficient (Wildman–Crippen LogP) is 2.42. The summed E-state index contributed by atoms with van der Waals surface area (Å²) >= 11 is 0. The normalized spacial score (nSPS) is 16.7. The first-order valence-electron chi connectivity index (χ1n) is 9.86. The summed E-state index contributed by atoms with van der Waals surface area (Å²) in [7, 11) is 0. The largest absolute Gasteiger partial charge is 0.317 e. The van der Waals surface area contributed by atoms with Gasteiger partial charge in [0.05, 0.1) is 11.4 Å². The maximum atomic E-state index is 13.4. The smallest absolute Gasteiger partial charge is 0.263 e. The third kappa shape index (κ3) is 3.24.